The Bertz CT molecular complexity index is 351. The number of hydrogen-bond acceptors (Lipinski definition) is 5. The van der Waals surface area contributed by atoms with Crippen LogP contribution in [0.15, 0.2) is 12.4 Å². The number of nitrogens with one attached hydrogen (secondary N) is 1. The summed E-state index contributed by atoms with van der Waals surface area (Å²) in [7, 11) is 0. The second-order valence-electron chi connectivity index (χ2n) is 3.80. The molecule has 0 aliphatic carbocycles. The number of hydrogen-bond donors (Lipinski definition) is 1. The smallest absolute Gasteiger partial charge is 0.261 e. The van der Waals surface area contributed by atoms with Crippen molar-refractivity contribution < 1.29 is 18.3 Å². The molecule has 0 fully saturated rings. The lowest BCUT2D eigenvalue weighted by Gasteiger charge is -2.10. The van der Waals surface area contributed by atoms with Crippen molar-refractivity contribution in [3.05, 3.63) is 12.4 Å². The zero-order chi connectivity index (χ0) is 13.4. The van der Waals surface area contributed by atoms with Crippen molar-refractivity contribution >= 4 is 5.82 Å². The van der Waals surface area contributed by atoms with Crippen molar-refractivity contribution in [3.63, 3.8) is 0 Å². The lowest BCUT2D eigenvalue weighted by molar-refractivity contribution is 0.0215. The van der Waals surface area contributed by atoms with E-state index >= 15 is 0 Å². The standard InChI is InChI=1S/C11H17F2N3O2/c1-8(2)18-11-5-10(15-7-16-11)14-3-4-17-6-9(12)13/h5,7-9H,3-4,6H2,1-2H3,(H,14,15,16). The molecule has 5 nitrogen and oxygen atoms in total. The number of ether oxygens (including phenoxy) is 2. The van der Waals surface area contributed by atoms with Crippen LogP contribution in [0.4, 0.5) is 14.6 Å². The Labute approximate surface area is 105 Å². The Hall–Kier alpha value is -1.50. The number of alkyl halides is 2. The summed E-state index contributed by atoms with van der Waals surface area (Å²) in [5.41, 5.74) is 0. The molecule has 0 aromatic carbocycles. The zero-order valence-electron chi connectivity index (χ0n) is 10.4. The summed E-state index contributed by atoms with van der Waals surface area (Å²) in [6.07, 6.45) is -1.03. The number of rotatable bonds is 8. The van der Waals surface area contributed by atoms with Crippen molar-refractivity contribution in [2.24, 2.45) is 0 Å². The Kier molecular flexibility index (Phi) is 6.27. The van der Waals surface area contributed by atoms with Crippen molar-refractivity contribution in [2.45, 2.75) is 26.4 Å². The number of aromatic nitrogens is 2. The van der Waals surface area contributed by atoms with Gasteiger partial charge in [-0.2, -0.15) is 0 Å². The molecule has 0 bridgehead atoms. The molecule has 7 heteroatoms. The van der Waals surface area contributed by atoms with Crippen LogP contribution in [0.2, 0.25) is 0 Å². The van der Waals surface area contributed by atoms with Crippen LogP contribution in [-0.2, 0) is 4.74 Å². The van der Waals surface area contributed by atoms with Gasteiger partial charge in [0.2, 0.25) is 5.88 Å². The van der Waals surface area contributed by atoms with Gasteiger partial charge in [0.15, 0.2) is 0 Å². The molecule has 0 amide bonds. The summed E-state index contributed by atoms with van der Waals surface area (Å²) in [6.45, 7) is 3.83. The van der Waals surface area contributed by atoms with E-state index in [1.807, 2.05) is 13.8 Å². The van der Waals surface area contributed by atoms with Crippen LogP contribution in [0, 0.1) is 0 Å². The molecule has 0 aliphatic heterocycles. The molecule has 0 spiro atoms. The second-order valence-corrected chi connectivity index (χ2v) is 3.80. The average molecular weight is 261 g/mol. The van der Waals surface area contributed by atoms with E-state index in [1.165, 1.54) is 6.33 Å². The molecular weight excluding hydrogens is 244 g/mol. The van der Waals surface area contributed by atoms with Crippen LogP contribution in [0.5, 0.6) is 5.88 Å². The van der Waals surface area contributed by atoms with Crippen LogP contribution in [0.3, 0.4) is 0 Å². The first-order valence-electron chi connectivity index (χ1n) is 5.66. The van der Waals surface area contributed by atoms with Gasteiger partial charge in [-0.3, -0.25) is 0 Å². The molecule has 18 heavy (non-hydrogen) atoms. The minimum absolute atomic E-state index is 0.0297. The molecule has 1 heterocycles. The van der Waals surface area contributed by atoms with Gasteiger partial charge < -0.3 is 14.8 Å². The van der Waals surface area contributed by atoms with Crippen molar-refractivity contribution in [3.8, 4) is 5.88 Å². The van der Waals surface area contributed by atoms with Gasteiger partial charge in [-0.25, -0.2) is 18.7 Å². The molecule has 102 valence electrons. The van der Waals surface area contributed by atoms with E-state index in [1.54, 1.807) is 6.07 Å². The Morgan fingerprint density at radius 3 is 2.78 bits per heavy atom. The van der Waals surface area contributed by atoms with Gasteiger partial charge in [-0.1, -0.05) is 0 Å². The van der Waals surface area contributed by atoms with E-state index in [4.69, 9.17) is 9.47 Å². The predicted molar refractivity (Wildman–Crippen MR) is 63.1 cm³/mol. The monoisotopic (exact) mass is 261 g/mol. The highest BCUT2D eigenvalue weighted by Crippen LogP contribution is 2.12. The highest BCUT2D eigenvalue weighted by atomic mass is 19.3. The fourth-order valence-electron chi connectivity index (χ4n) is 1.17. The first-order valence-corrected chi connectivity index (χ1v) is 5.66. The normalized spacial score (nSPS) is 11.0. The summed E-state index contributed by atoms with van der Waals surface area (Å²) >= 11 is 0. The number of halogens is 2. The van der Waals surface area contributed by atoms with E-state index < -0.39 is 13.0 Å². The molecule has 0 unspecified atom stereocenters. The van der Waals surface area contributed by atoms with E-state index in [0.29, 0.717) is 18.2 Å². The summed E-state index contributed by atoms with van der Waals surface area (Å²) in [4.78, 5) is 7.92. The van der Waals surface area contributed by atoms with Crippen LogP contribution in [0.25, 0.3) is 0 Å². The molecular formula is C11H17F2N3O2. The molecule has 1 aromatic heterocycles. The van der Waals surface area contributed by atoms with E-state index in [-0.39, 0.29) is 12.7 Å². The maximum atomic E-state index is 11.8. The first-order chi connectivity index (χ1) is 8.58. The van der Waals surface area contributed by atoms with Crippen LogP contribution in [0.1, 0.15) is 13.8 Å². The van der Waals surface area contributed by atoms with E-state index in [2.05, 4.69) is 15.3 Å². The third-order valence-corrected chi connectivity index (χ3v) is 1.79. The van der Waals surface area contributed by atoms with Gasteiger partial charge >= 0.3 is 0 Å². The van der Waals surface area contributed by atoms with Gasteiger partial charge in [-0.05, 0) is 13.8 Å². The third kappa shape index (κ3) is 6.29. The summed E-state index contributed by atoms with van der Waals surface area (Å²) < 4.78 is 33.7. The number of anilines is 1. The Morgan fingerprint density at radius 1 is 1.33 bits per heavy atom. The molecule has 0 aliphatic rings. The van der Waals surface area contributed by atoms with Gasteiger partial charge in [0.25, 0.3) is 6.43 Å². The van der Waals surface area contributed by atoms with Crippen molar-refractivity contribution in [2.75, 3.05) is 25.1 Å². The largest absolute Gasteiger partial charge is 0.475 e. The van der Waals surface area contributed by atoms with Crippen molar-refractivity contribution in [1.29, 1.82) is 0 Å². The quantitative estimate of drug-likeness (QED) is 0.725. The second kappa shape index (κ2) is 7.75. The number of nitrogens with zero attached hydrogens (tertiary/aromatic N) is 2. The van der Waals surface area contributed by atoms with E-state index in [9.17, 15) is 8.78 Å². The maximum absolute atomic E-state index is 11.8. The van der Waals surface area contributed by atoms with Gasteiger partial charge in [0.05, 0.1) is 12.7 Å². The summed E-state index contributed by atoms with van der Waals surface area (Å²) in [5.74, 6) is 1.04. The van der Waals surface area contributed by atoms with Crippen LogP contribution in [-0.4, -0.2) is 42.3 Å². The molecule has 0 saturated carbocycles. The zero-order valence-corrected chi connectivity index (χ0v) is 10.4. The highest BCUT2D eigenvalue weighted by molar-refractivity contribution is 5.36. The molecule has 0 saturated heterocycles. The maximum Gasteiger partial charge on any atom is 0.261 e. The fourth-order valence-corrected chi connectivity index (χ4v) is 1.17. The Balaban J connectivity index is 2.29. The lowest BCUT2D eigenvalue weighted by Crippen LogP contribution is -2.14. The minimum Gasteiger partial charge on any atom is -0.475 e. The molecule has 1 aromatic rings. The lowest BCUT2D eigenvalue weighted by atomic mass is 10.4. The molecule has 1 rings (SSSR count). The highest BCUT2D eigenvalue weighted by Gasteiger charge is 2.03. The first kappa shape index (κ1) is 14.6. The Morgan fingerprint density at radius 2 is 2.11 bits per heavy atom. The SMILES string of the molecule is CC(C)Oc1cc(NCCOCC(F)F)ncn1. The van der Waals surface area contributed by atoms with Crippen LogP contribution < -0.4 is 10.1 Å². The van der Waals surface area contributed by atoms with E-state index in [0.717, 1.165) is 0 Å². The fraction of sp³-hybridized carbons (Fsp3) is 0.636. The topological polar surface area (TPSA) is 56.3 Å². The van der Waals surface area contributed by atoms with Crippen LogP contribution >= 0.6 is 0 Å². The summed E-state index contributed by atoms with van der Waals surface area (Å²) in [6, 6.07) is 1.65. The molecule has 0 atom stereocenters. The average Bonchev–Trinajstić information content (AvgIpc) is 2.27. The van der Waals surface area contributed by atoms with Gasteiger partial charge in [-0.15, -0.1) is 0 Å². The van der Waals surface area contributed by atoms with Gasteiger partial charge in [0, 0.05) is 12.6 Å². The molecule has 1 N–H and O–H groups in total. The third-order valence-electron chi connectivity index (χ3n) is 1.79. The minimum atomic E-state index is -2.44. The van der Waals surface area contributed by atoms with Crippen molar-refractivity contribution in [1.82, 2.24) is 9.97 Å². The van der Waals surface area contributed by atoms with Gasteiger partial charge in [0.1, 0.15) is 18.8 Å². The molecule has 0 radical (unpaired) electrons. The summed E-state index contributed by atoms with van der Waals surface area (Å²) in [5, 5.41) is 2.93. The predicted octanol–water partition coefficient (Wildman–Crippen LogP) is 1.96.